The fourth-order valence-electron chi connectivity index (χ4n) is 3.85. The molecule has 232 valence electrons. The fraction of sp³-hybridized carbons (Fsp3) is 1.00. The average Bonchev–Trinajstić information content (AvgIpc) is 2.83. The molecule has 2 fully saturated rings. The van der Waals surface area contributed by atoms with Crippen LogP contribution in [-0.4, -0.2) is 110 Å². The van der Waals surface area contributed by atoms with Crippen molar-refractivity contribution in [2.24, 2.45) is 0 Å². The molecule has 0 saturated carbocycles. The quantitative estimate of drug-likeness (QED) is 0.134. The maximum Gasteiger partial charge on any atom is 0.295 e. The van der Waals surface area contributed by atoms with Gasteiger partial charge < -0.3 is 48.3 Å². The van der Waals surface area contributed by atoms with E-state index in [2.05, 4.69) is 29.0 Å². The van der Waals surface area contributed by atoms with Crippen LogP contribution >= 0.6 is 0 Å². The van der Waals surface area contributed by atoms with Crippen LogP contribution in [-0.2, 0) is 43.2 Å². The molecule has 28 nitrogen and oxygen atoms in total. The summed E-state index contributed by atoms with van der Waals surface area (Å²) in [5.74, 6) is 0. The molecular formula is C13H18N6O22. The van der Waals surface area contributed by atoms with Crippen molar-refractivity contribution in [1.29, 1.82) is 0 Å². The van der Waals surface area contributed by atoms with Crippen molar-refractivity contribution in [3.8, 4) is 0 Å². The Kier molecular flexibility index (Phi) is 10.9. The van der Waals surface area contributed by atoms with Crippen LogP contribution in [0.4, 0.5) is 0 Å². The minimum atomic E-state index is -2.47. The van der Waals surface area contributed by atoms with E-state index < -0.39 is 105 Å². The highest BCUT2D eigenvalue weighted by Crippen LogP contribution is 2.34. The van der Waals surface area contributed by atoms with Crippen molar-refractivity contribution in [2.75, 3.05) is 13.2 Å². The molecule has 2 saturated heterocycles. The van der Waals surface area contributed by atoms with Crippen LogP contribution in [0.3, 0.4) is 0 Å². The molecule has 28 heteroatoms. The predicted octanol–water partition coefficient (Wildman–Crippen LogP) is -3.03. The second kappa shape index (κ2) is 13.9. The van der Waals surface area contributed by atoms with E-state index in [4.69, 9.17) is 14.2 Å². The van der Waals surface area contributed by atoms with Gasteiger partial charge in [-0.3, -0.25) is 0 Å². The van der Waals surface area contributed by atoms with Crippen molar-refractivity contribution >= 4 is 0 Å². The van der Waals surface area contributed by atoms with Gasteiger partial charge in [0.25, 0.3) is 30.5 Å². The van der Waals surface area contributed by atoms with E-state index in [1.807, 2.05) is 0 Å². The molecule has 10 atom stereocenters. The Balaban J connectivity index is 2.57. The fourth-order valence-corrected chi connectivity index (χ4v) is 3.85. The smallest absolute Gasteiger partial charge is 0.295 e. The summed E-state index contributed by atoms with van der Waals surface area (Å²) in [6.07, 6.45) is -21.5. The van der Waals surface area contributed by atoms with Gasteiger partial charge in [-0.05, 0) is 6.92 Å². The number of aliphatic hydroxyl groups excluding tert-OH is 1. The van der Waals surface area contributed by atoms with Gasteiger partial charge in [-0.2, -0.15) is 0 Å². The molecular weight excluding hydrogens is 592 g/mol. The zero-order valence-corrected chi connectivity index (χ0v) is 19.9. The van der Waals surface area contributed by atoms with Gasteiger partial charge in [0.1, 0.15) is 37.6 Å². The van der Waals surface area contributed by atoms with Gasteiger partial charge in [-0.25, -0.2) is 0 Å². The van der Waals surface area contributed by atoms with E-state index in [-0.39, 0.29) is 0 Å². The molecule has 2 rings (SSSR count). The van der Waals surface area contributed by atoms with Gasteiger partial charge in [0.05, 0.1) is 6.10 Å². The van der Waals surface area contributed by atoms with E-state index in [0.29, 0.717) is 0 Å². The van der Waals surface area contributed by atoms with Gasteiger partial charge in [-0.15, -0.1) is 60.7 Å². The van der Waals surface area contributed by atoms with Gasteiger partial charge >= 0.3 is 0 Å². The molecule has 2 heterocycles. The lowest BCUT2D eigenvalue weighted by Crippen LogP contribution is -2.66. The summed E-state index contributed by atoms with van der Waals surface area (Å²) in [6, 6.07) is 0. The van der Waals surface area contributed by atoms with Crippen LogP contribution in [0.5, 0.6) is 0 Å². The number of ether oxygens (including phenoxy) is 3. The Bertz CT molecular complexity index is 999. The summed E-state index contributed by atoms with van der Waals surface area (Å²) in [7, 11) is 0. The SMILES string of the molecule is C[C@@H]1O[C@@H](CO[N+](=O)[O-])C(OC2OC(CO[N+](=O)[O-])C(O)C(O[N+](=O)[O-])C2O[N+](=O)[O-])C(O[N+](=O)[O-])C1O[N+](=O)[O-]. The van der Waals surface area contributed by atoms with E-state index >= 15 is 0 Å². The van der Waals surface area contributed by atoms with Crippen LogP contribution in [0.2, 0.25) is 0 Å². The summed E-state index contributed by atoms with van der Waals surface area (Å²) in [5, 5.41) is 67.4. The first-order valence-corrected chi connectivity index (χ1v) is 10.5. The van der Waals surface area contributed by atoms with Gasteiger partial charge in [0.15, 0.2) is 30.7 Å². The van der Waals surface area contributed by atoms with Crippen molar-refractivity contribution in [2.45, 2.75) is 68.1 Å². The second-order valence-electron chi connectivity index (χ2n) is 7.73. The first-order valence-electron chi connectivity index (χ1n) is 10.5. The second-order valence-corrected chi connectivity index (χ2v) is 7.73. The molecule has 8 unspecified atom stereocenters. The Morgan fingerprint density at radius 1 is 0.585 bits per heavy atom. The number of aliphatic hydroxyl groups is 1. The van der Waals surface area contributed by atoms with E-state index in [0.717, 1.165) is 6.92 Å². The zero-order valence-electron chi connectivity index (χ0n) is 19.9. The van der Waals surface area contributed by atoms with Crippen molar-refractivity contribution in [3.63, 3.8) is 0 Å². The Hall–Kier alpha value is -4.96. The number of hydrogen-bond acceptors (Lipinski definition) is 22. The highest BCUT2D eigenvalue weighted by Gasteiger charge is 2.55. The summed E-state index contributed by atoms with van der Waals surface area (Å²) in [6.45, 7) is -1.26. The Morgan fingerprint density at radius 3 is 1.51 bits per heavy atom. The average molecular weight is 610 g/mol. The molecule has 2 aliphatic heterocycles. The first-order chi connectivity index (χ1) is 19.1. The molecule has 0 aromatic heterocycles. The molecule has 0 aromatic rings. The molecule has 41 heavy (non-hydrogen) atoms. The maximum absolute atomic E-state index is 11.2. The normalized spacial score (nSPS) is 32.9. The molecule has 0 aliphatic carbocycles. The monoisotopic (exact) mass is 610 g/mol. The van der Waals surface area contributed by atoms with Crippen LogP contribution in [0.1, 0.15) is 6.92 Å². The zero-order chi connectivity index (χ0) is 31.0. The van der Waals surface area contributed by atoms with Crippen LogP contribution in [0.15, 0.2) is 0 Å². The van der Waals surface area contributed by atoms with Crippen molar-refractivity contribution in [3.05, 3.63) is 60.7 Å². The minimum absolute atomic E-state index is 1.07. The van der Waals surface area contributed by atoms with E-state index in [9.17, 15) is 65.8 Å². The minimum Gasteiger partial charge on any atom is -0.388 e. The predicted molar refractivity (Wildman–Crippen MR) is 107 cm³/mol. The molecule has 2 aliphatic rings. The first kappa shape index (κ1) is 32.3. The maximum atomic E-state index is 11.2. The lowest BCUT2D eigenvalue weighted by molar-refractivity contribution is -0.810. The molecule has 0 amide bonds. The summed E-state index contributed by atoms with van der Waals surface area (Å²) in [4.78, 5) is 91.3. The third kappa shape index (κ3) is 9.04. The lowest BCUT2D eigenvalue weighted by Gasteiger charge is -2.47. The summed E-state index contributed by atoms with van der Waals surface area (Å²) in [5.41, 5.74) is 0. The highest BCUT2D eigenvalue weighted by molar-refractivity contribution is 4.96. The third-order valence-corrected chi connectivity index (χ3v) is 5.30. The largest absolute Gasteiger partial charge is 0.388 e. The Morgan fingerprint density at radius 2 is 1.02 bits per heavy atom. The van der Waals surface area contributed by atoms with E-state index in [1.54, 1.807) is 0 Å². The molecule has 1 N–H and O–H groups in total. The van der Waals surface area contributed by atoms with Crippen LogP contribution in [0, 0.1) is 60.7 Å². The molecule has 0 bridgehead atoms. The molecule has 0 aromatic carbocycles. The van der Waals surface area contributed by atoms with Crippen molar-refractivity contribution < 1.29 is 78.9 Å². The lowest BCUT2D eigenvalue weighted by atomic mass is 9.94. The standard InChI is InChI=1S/C13H18N6O22/c1-4-8(38-16(25)26)11(40-18(29)30)9(6(35-4)3-34-15(23)24)37-13-12(41-19(31)32)10(39-17(27)28)7(20)5(36-13)2-33-14(21)22/h4-13,20H,2-3H2,1H3/t4-,5?,6-,7?,8?,9?,10?,11?,12?,13?/m0/s1. The van der Waals surface area contributed by atoms with Gasteiger partial charge in [0, 0.05) is 0 Å². The van der Waals surface area contributed by atoms with Crippen LogP contribution < -0.4 is 0 Å². The molecule has 0 radical (unpaired) electrons. The molecule has 0 spiro atoms. The number of nitrogens with zero attached hydrogens (tertiary/aromatic N) is 6. The topological polar surface area (TPSA) is 362 Å². The van der Waals surface area contributed by atoms with Crippen LogP contribution in [0.25, 0.3) is 0 Å². The van der Waals surface area contributed by atoms with Gasteiger partial charge in [-0.1, -0.05) is 0 Å². The number of rotatable bonds is 16. The summed E-state index contributed by atoms with van der Waals surface area (Å²) < 4.78 is 15.9. The third-order valence-electron chi connectivity index (χ3n) is 5.30. The summed E-state index contributed by atoms with van der Waals surface area (Å²) >= 11 is 0. The van der Waals surface area contributed by atoms with E-state index in [1.165, 1.54) is 0 Å². The van der Waals surface area contributed by atoms with Crippen molar-refractivity contribution in [1.82, 2.24) is 0 Å². The van der Waals surface area contributed by atoms with Gasteiger partial charge in [0.2, 0.25) is 0 Å². The number of hydrogen-bond donors (Lipinski definition) is 1. The highest BCUT2D eigenvalue weighted by atomic mass is 17.0. The Labute approximate surface area is 222 Å².